The van der Waals surface area contributed by atoms with E-state index in [1.807, 2.05) is 24.3 Å². The summed E-state index contributed by atoms with van der Waals surface area (Å²) in [6, 6.07) is 10.2. The standard InChI is InChI=1S/C31H41N5O2/c1-38-28-11-7-6-9-23(28)19-33-30-34-20-26(18-32)29(36-30)35-21-31-15-22-13-24(16-31)27(25(14-22)17-31)10-5-3-2-4-8-12-37/h3,5-7,9,11,20,22,24-25,27,37H,2,4,8,10,12-17,19,21H2,1H3,(H2,33,34,35,36)/b5-3+/t22?,24-,25+,27?,31?. The molecule has 7 nitrogen and oxygen atoms in total. The predicted molar refractivity (Wildman–Crippen MR) is 150 cm³/mol. The number of allylic oxidation sites excluding steroid dienone is 2. The molecule has 7 heteroatoms. The minimum Gasteiger partial charge on any atom is -0.496 e. The van der Waals surface area contributed by atoms with Crippen LogP contribution in [0.3, 0.4) is 0 Å². The minimum atomic E-state index is 0.295. The van der Waals surface area contributed by atoms with Crippen molar-refractivity contribution in [3.05, 3.63) is 53.7 Å². The molecule has 4 bridgehead atoms. The van der Waals surface area contributed by atoms with Crippen LogP contribution in [0.15, 0.2) is 42.6 Å². The molecule has 1 aromatic carbocycles. The van der Waals surface area contributed by atoms with Gasteiger partial charge in [-0.15, -0.1) is 0 Å². The Balaban J connectivity index is 1.20. The molecule has 5 atom stereocenters. The van der Waals surface area contributed by atoms with Crippen molar-refractivity contribution < 1.29 is 9.84 Å². The quantitative estimate of drug-likeness (QED) is 0.224. The first-order valence-corrected chi connectivity index (χ1v) is 14.3. The van der Waals surface area contributed by atoms with Gasteiger partial charge in [0, 0.05) is 25.3 Å². The van der Waals surface area contributed by atoms with Crippen molar-refractivity contribution >= 4 is 11.8 Å². The normalized spacial score (nSPS) is 27.4. The van der Waals surface area contributed by atoms with Gasteiger partial charge in [0.1, 0.15) is 23.2 Å². The Morgan fingerprint density at radius 2 is 1.95 bits per heavy atom. The Kier molecular flexibility index (Phi) is 8.48. The number of hydrogen-bond donors (Lipinski definition) is 3. The van der Waals surface area contributed by atoms with Crippen molar-refractivity contribution in [2.45, 2.75) is 64.3 Å². The number of rotatable bonds is 13. The van der Waals surface area contributed by atoms with Crippen LogP contribution >= 0.6 is 0 Å². The summed E-state index contributed by atoms with van der Waals surface area (Å²) >= 11 is 0. The van der Waals surface area contributed by atoms with Crippen molar-refractivity contribution in [1.82, 2.24) is 9.97 Å². The number of aromatic nitrogens is 2. The van der Waals surface area contributed by atoms with Crippen molar-refractivity contribution in [2.24, 2.45) is 29.1 Å². The molecule has 0 saturated heterocycles. The number of anilines is 2. The second kappa shape index (κ2) is 12.2. The fraction of sp³-hybridized carbons (Fsp3) is 0.581. The number of benzene rings is 1. The summed E-state index contributed by atoms with van der Waals surface area (Å²) in [5, 5.41) is 25.6. The summed E-state index contributed by atoms with van der Waals surface area (Å²) in [5.41, 5.74) is 1.82. The average Bonchev–Trinajstić information content (AvgIpc) is 2.93. The Morgan fingerprint density at radius 1 is 1.13 bits per heavy atom. The lowest BCUT2D eigenvalue weighted by Gasteiger charge is -2.60. The van der Waals surface area contributed by atoms with Gasteiger partial charge in [-0.05, 0) is 92.9 Å². The largest absolute Gasteiger partial charge is 0.496 e. The van der Waals surface area contributed by atoms with Gasteiger partial charge in [0.05, 0.1) is 13.3 Å². The van der Waals surface area contributed by atoms with Gasteiger partial charge in [0.25, 0.3) is 0 Å². The third kappa shape index (κ3) is 5.96. The van der Waals surface area contributed by atoms with Crippen LogP contribution in [0.2, 0.25) is 0 Å². The highest BCUT2D eigenvalue weighted by Crippen LogP contribution is 2.62. The molecule has 1 heterocycles. The maximum Gasteiger partial charge on any atom is 0.224 e. The highest BCUT2D eigenvalue weighted by atomic mass is 16.5. The van der Waals surface area contributed by atoms with Gasteiger partial charge in [-0.3, -0.25) is 0 Å². The number of nitrogens with zero attached hydrogens (tertiary/aromatic N) is 3. The third-order valence-corrected chi connectivity index (χ3v) is 9.12. The molecule has 0 amide bonds. The molecule has 3 N–H and O–H groups in total. The van der Waals surface area contributed by atoms with Crippen LogP contribution in [0, 0.1) is 40.4 Å². The first kappa shape index (κ1) is 26.5. The summed E-state index contributed by atoms with van der Waals surface area (Å²) in [6.45, 7) is 1.71. The van der Waals surface area contributed by atoms with E-state index >= 15 is 0 Å². The van der Waals surface area contributed by atoms with Crippen LogP contribution in [0.25, 0.3) is 0 Å². The smallest absolute Gasteiger partial charge is 0.224 e. The van der Waals surface area contributed by atoms with Crippen molar-refractivity contribution in [2.75, 3.05) is 30.9 Å². The van der Waals surface area contributed by atoms with Crippen LogP contribution < -0.4 is 15.4 Å². The fourth-order valence-electron chi connectivity index (χ4n) is 7.62. The maximum atomic E-state index is 9.71. The van der Waals surface area contributed by atoms with Gasteiger partial charge >= 0.3 is 0 Å². The molecular weight excluding hydrogens is 474 g/mol. The Bertz CT molecular complexity index is 1140. The average molecular weight is 516 g/mol. The summed E-state index contributed by atoms with van der Waals surface area (Å²) in [6.07, 6.45) is 17.2. The first-order chi connectivity index (χ1) is 18.6. The molecule has 1 aromatic heterocycles. The Morgan fingerprint density at radius 3 is 2.71 bits per heavy atom. The molecule has 38 heavy (non-hydrogen) atoms. The van der Waals surface area contributed by atoms with Gasteiger partial charge in [0.2, 0.25) is 5.95 Å². The highest BCUT2D eigenvalue weighted by Gasteiger charge is 2.54. The van der Waals surface area contributed by atoms with Crippen LogP contribution in [0.5, 0.6) is 5.75 Å². The number of aliphatic hydroxyl groups excluding tert-OH is 1. The lowest BCUT2D eigenvalue weighted by atomic mass is 9.45. The SMILES string of the molecule is COc1ccccc1CNc1ncc(C#N)c(NCC23CC4C[C@H](C2)C(C/C=C/CCCCO)[C@@H](C4)C3)n1. The number of ether oxygens (including phenoxy) is 1. The second-order valence-corrected chi connectivity index (χ2v) is 11.6. The zero-order valence-electron chi connectivity index (χ0n) is 22.5. The zero-order chi connectivity index (χ0) is 26.4. The van der Waals surface area contributed by atoms with E-state index in [0.717, 1.165) is 60.8 Å². The second-order valence-electron chi connectivity index (χ2n) is 11.6. The molecule has 2 aromatic rings. The topological polar surface area (TPSA) is 103 Å². The lowest BCUT2D eigenvalue weighted by Crippen LogP contribution is -2.53. The number of aliphatic hydroxyl groups is 1. The van der Waals surface area contributed by atoms with Crippen LogP contribution in [-0.4, -0.2) is 35.3 Å². The van der Waals surface area contributed by atoms with E-state index in [-0.39, 0.29) is 0 Å². The number of unbranched alkanes of at least 4 members (excludes halogenated alkanes) is 2. The number of hydrogen-bond acceptors (Lipinski definition) is 7. The molecule has 4 fully saturated rings. The van der Waals surface area contributed by atoms with Gasteiger partial charge in [-0.1, -0.05) is 30.4 Å². The molecule has 0 radical (unpaired) electrons. The van der Waals surface area contributed by atoms with Crippen molar-refractivity contribution in [3.8, 4) is 11.8 Å². The number of nitriles is 1. The number of nitrogens with one attached hydrogen (secondary N) is 2. The van der Waals surface area contributed by atoms with Gasteiger partial charge < -0.3 is 20.5 Å². The van der Waals surface area contributed by atoms with E-state index in [1.165, 1.54) is 38.5 Å². The highest BCUT2D eigenvalue weighted by molar-refractivity contribution is 5.53. The summed E-state index contributed by atoms with van der Waals surface area (Å²) in [7, 11) is 1.67. The number of methoxy groups -OCH3 is 1. The zero-order valence-corrected chi connectivity index (χ0v) is 22.5. The van der Waals surface area contributed by atoms with Crippen LogP contribution in [0.4, 0.5) is 11.8 Å². The van der Waals surface area contributed by atoms with E-state index in [9.17, 15) is 5.26 Å². The van der Waals surface area contributed by atoms with E-state index in [1.54, 1.807) is 13.3 Å². The first-order valence-electron chi connectivity index (χ1n) is 14.3. The Hall–Kier alpha value is -3.11. The monoisotopic (exact) mass is 515 g/mol. The van der Waals surface area contributed by atoms with E-state index in [2.05, 4.69) is 33.8 Å². The fourth-order valence-corrected chi connectivity index (χ4v) is 7.62. The van der Waals surface area contributed by atoms with Gasteiger partial charge in [-0.2, -0.15) is 10.2 Å². The summed E-state index contributed by atoms with van der Waals surface area (Å²) in [4.78, 5) is 9.07. The van der Waals surface area contributed by atoms with Crippen molar-refractivity contribution in [1.29, 1.82) is 5.26 Å². The van der Waals surface area contributed by atoms with Crippen molar-refractivity contribution in [3.63, 3.8) is 0 Å². The molecule has 202 valence electrons. The summed E-state index contributed by atoms with van der Waals surface area (Å²) in [5.74, 6) is 5.24. The van der Waals surface area contributed by atoms with E-state index < -0.39 is 0 Å². The predicted octanol–water partition coefficient (Wildman–Crippen LogP) is 5.93. The molecule has 4 saturated carbocycles. The molecule has 6 rings (SSSR count). The minimum absolute atomic E-state index is 0.295. The van der Waals surface area contributed by atoms with Crippen LogP contribution in [0.1, 0.15) is 68.9 Å². The van der Waals surface area contributed by atoms with E-state index in [0.29, 0.717) is 35.9 Å². The van der Waals surface area contributed by atoms with Gasteiger partial charge in [0.15, 0.2) is 0 Å². The molecule has 4 aliphatic rings. The molecule has 3 unspecified atom stereocenters. The van der Waals surface area contributed by atoms with Crippen LogP contribution in [-0.2, 0) is 6.54 Å². The summed E-state index contributed by atoms with van der Waals surface area (Å²) < 4.78 is 5.45. The third-order valence-electron chi connectivity index (χ3n) is 9.12. The molecular formula is C31H41N5O2. The molecule has 4 aliphatic carbocycles. The lowest BCUT2D eigenvalue weighted by molar-refractivity contribution is -0.0873. The van der Waals surface area contributed by atoms with E-state index in [4.69, 9.17) is 14.8 Å². The molecule has 0 aliphatic heterocycles. The van der Waals surface area contributed by atoms with Gasteiger partial charge in [-0.25, -0.2) is 4.98 Å². The number of para-hydroxylation sites is 1. The maximum absolute atomic E-state index is 9.71. The Labute approximate surface area is 226 Å². The molecule has 0 spiro atoms.